The van der Waals surface area contributed by atoms with Gasteiger partial charge in [-0.25, -0.2) is 4.79 Å². The van der Waals surface area contributed by atoms with Crippen LogP contribution in [0.25, 0.3) is 0 Å². The Morgan fingerprint density at radius 1 is 1.27 bits per heavy atom. The van der Waals surface area contributed by atoms with E-state index < -0.39 is 0 Å². The third-order valence-corrected chi connectivity index (χ3v) is 1.75. The molecule has 0 aromatic carbocycles. The first-order valence-corrected chi connectivity index (χ1v) is 4.78. The smallest absolute Gasteiger partial charge is 0.337 e. The molecular formula is C13H18O2. The molecule has 0 heterocycles. The number of allylic oxidation sites excluding steroid dienone is 5. The molecule has 0 aromatic rings. The number of rotatable bonds is 4. The predicted octanol–water partition coefficient (Wildman–Crippen LogP) is 3.18. The molecule has 15 heavy (non-hydrogen) atoms. The van der Waals surface area contributed by atoms with Crippen molar-refractivity contribution in [2.75, 3.05) is 7.11 Å². The molecule has 0 aliphatic rings. The monoisotopic (exact) mass is 206 g/mol. The zero-order valence-electron chi connectivity index (χ0n) is 9.83. The van der Waals surface area contributed by atoms with Crippen molar-refractivity contribution in [3.63, 3.8) is 0 Å². The first kappa shape index (κ1) is 13.4. The molecule has 0 spiro atoms. The van der Waals surface area contributed by atoms with E-state index >= 15 is 0 Å². The van der Waals surface area contributed by atoms with Crippen LogP contribution in [0.1, 0.15) is 20.8 Å². The fourth-order valence-corrected chi connectivity index (χ4v) is 1.05. The van der Waals surface area contributed by atoms with Gasteiger partial charge in [0.1, 0.15) is 0 Å². The minimum Gasteiger partial charge on any atom is -0.465 e. The van der Waals surface area contributed by atoms with E-state index in [-0.39, 0.29) is 5.97 Å². The van der Waals surface area contributed by atoms with Crippen LogP contribution in [0.4, 0.5) is 0 Å². The lowest BCUT2D eigenvalue weighted by Crippen LogP contribution is -2.02. The van der Waals surface area contributed by atoms with Gasteiger partial charge in [0, 0.05) is 0 Å². The Morgan fingerprint density at radius 3 is 2.20 bits per heavy atom. The zero-order valence-corrected chi connectivity index (χ0v) is 9.83. The quantitative estimate of drug-likeness (QED) is 0.401. The van der Waals surface area contributed by atoms with Gasteiger partial charge >= 0.3 is 5.97 Å². The summed E-state index contributed by atoms with van der Waals surface area (Å²) >= 11 is 0. The Hall–Kier alpha value is -1.57. The van der Waals surface area contributed by atoms with Crippen LogP contribution in [0.2, 0.25) is 0 Å². The zero-order chi connectivity index (χ0) is 11.8. The largest absolute Gasteiger partial charge is 0.465 e. The average Bonchev–Trinajstić information content (AvgIpc) is 2.22. The Kier molecular flexibility index (Phi) is 6.11. The van der Waals surface area contributed by atoms with Gasteiger partial charge < -0.3 is 4.74 Å². The Labute approximate surface area is 91.6 Å². The lowest BCUT2D eigenvalue weighted by molar-refractivity contribution is -0.135. The molecule has 0 saturated heterocycles. The number of hydrogen-bond acceptors (Lipinski definition) is 2. The molecule has 0 aliphatic carbocycles. The molecule has 2 nitrogen and oxygen atoms in total. The molecule has 0 N–H and O–H groups in total. The fraction of sp³-hybridized carbons (Fsp3) is 0.308. The summed E-state index contributed by atoms with van der Waals surface area (Å²) in [4.78, 5) is 11.3. The standard InChI is InChI=1S/C13H18O2/c1-6-11(8-10(3)4)9-12(7-2)13(14)15-5/h6-9H,1H2,2-5H3/b11-9+,12-7+. The van der Waals surface area contributed by atoms with Crippen molar-refractivity contribution in [1.29, 1.82) is 0 Å². The Bertz CT molecular complexity index is 326. The molecule has 0 bridgehead atoms. The first-order chi connectivity index (χ1) is 7.04. The number of methoxy groups -OCH3 is 1. The maximum absolute atomic E-state index is 11.3. The molecule has 2 heteroatoms. The second kappa shape index (κ2) is 6.82. The summed E-state index contributed by atoms with van der Waals surface area (Å²) in [7, 11) is 1.37. The average molecular weight is 206 g/mol. The predicted molar refractivity (Wildman–Crippen MR) is 63.5 cm³/mol. The molecule has 0 aliphatic heterocycles. The van der Waals surface area contributed by atoms with Gasteiger partial charge in [0.25, 0.3) is 0 Å². The Morgan fingerprint density at radius 2 is 1.87 bits per heavy atom. The van der Waals surface area contributed by atoms with E-state index in [0.717, 1.165) is 11.1 Å². The molecule has 0 aromatic heterocycles. The second-order valence-electron chi connectivity index (χ2n) is 3.31. The first-order valence-electron chi connectivity index (χ1n) is 4.78. The van der Waals surface area contributed by atoms with Crippen molar-refractivity contribution in [1.82, 2.24) is 0 Å². The minimum absolute atomic E-state index is 0.334. The van der Waals surface area contributed by atoms with E-state index in [1.807, 2.05) is 19.9 Å². The van der Waals surface area contributed by atoms with Crippen LogP contribution in [-0.4, -0.2) is 13.1 Å². The Balaban J connectivity index is 5.05. The van der Waals surface area contributed by atoms with Gasteiger partial charge in [-0.1, -0.05) is 30.4 Å². The number of esters is 1. The molecule has 0 radical (unpaired) electrons. The number of hydrogen-bond donors (Lipinski definition) is 0. The number of carbonyl (C=O) groups is 1. The molecule has 0 amide bonds. The van der Waals surface area contributed by atoms with Crippen LogP contribution < -0.4 is 0 Å². The summed E-state index contributed by atoms with van der Waals surface area (Å²) in [5.74, 6) is -0.334. The molecule has 82 valence electrons. The van der Waals surface area contributed by atoms with E-state index in [0.29, 0.717) is 5.57 Å². The van der Waals surface area contributed by atoms with Crippen molar-refractivity contribution in [3.05, 3.63) is 47.6 Å². The molecule has 0 atom stereocenters. The highest BCUT2D eigenvalue weighted by atomic mass is 16.5. The molecule has 0 fully saturated rings. The van der Waals surface area contributed by atoms with Crippen molar-refractivity contribution >= 4 is 5.97 Å². The van der Waals surface area contributed by atoms with E-state index in [1.54, 1.807) is 25.2 Å². The highest BCUT2D eigenvalue weighted by Gasteiger charge is 2.04. The normalized spacial score (nSPS) is 12.0. The summed E-state index contributed by atoms with van der Waals surface area (Å²) in [6.45, 7) is 9.47. The van der Waals surface area contributed by atoms with Gasteiger partial charge in [-0.05, 0) is 32.4 Å². The fourth-order valence-electron chi connectivity index (χ4n) is 1.05. The summed E-state index contributed by atoms with van der Waals surface area (Å²) in [5.41, 5.74) is 2.58. The van der Waals surface area contributed by atoms with Gasteiger partial charge in [-0.3, -0.25) is 0 Å². The van der Waals surface area contributed by atoms with Crippen LogP contribution in [-0.2, 0) is 9.53 Å². The number of carbonyl (C=O) groups excluding carboxylic acids is 1. The number of ether oxygens (including phenoxy) is 1. The van der Waals surface area contributed by atoms with Crippen LogP contribution >= 0.6 is 0 Å². The summed E-state index contributed by atoms with van der Waals surface area (Å²) in [6, 6.07) is 0. The topological polar surface area (TPSA) is 26.3 Å². The van der Waals surface area contributed by atoms with Gasteiger partial charge in [-0.15, -0.1) is 0 Å². The highest BCUT2D eigenvalue weighted by Crippen LogP contribution is 2.09. The SMILES string of the molecule is C=C/C(C=C(C)C)=C\C(=C/C)C(=O)OC. The molecule has 0 unspecified atom stereocenters. The highest BCUT2D eigenvalue weighted by molar-refractivity contribution is 5.91. The van der Waals surface area contributed by atoms with E-state index in [9.17, 15) is 4.79 Å². The van der Waals surface area contributed by atoms with Crippen molar-refractivity contribution < 1.29 is 9.53 Å². The van der Waals surface area contributed by atoms with Crippen LogP contribution in [0.3, 0.4) is 0 Å². The summed E-state index contributed by atoms with van der Waals surface area (Å²) < 4.78 is 4.65. The molecular weight excluding hydrogens is 188 g/mol. The van der Waals surface area contributed by atoms with Crippen molar-refractivity contribution in [3.8, 4) is 0 Å². The molecule has 0 rings (SSSR count). The lowest BCUT2D eigenvalue weighted by Gasteiger charge is -2.01. The third kappa shape index (κ3) is 5.01. The summed E-state index contributed by atoms with van der Waals surface area (Å²) in [6.07, 6.45) is 7.14. The van der Waals surface area contributed by atoms with Crippen molar-refractivity contribution in [2.45, 2.75) is 20.8 Å². The van der Waals surface area contributed by atoms with Gasteiger partial charge in [0.15, 0.2) is 0 Å². The minimum atomic E-state index is -0.334. The van der Waals surface area contributed by atoms with E-state index in [1.165, 1.54) is 7.11 Å². The molecule has 0 saturated carbocycles. The third-order valence-electron chi connectivity index (χ3n) is 1.75. The maximum Gasteiger partial charge on any atom is 0.337 e. The van der Waals surface area contributed by atoms with Gasteiger partial charge in [0.05, 0.1) is 12.7 Å². The van der Waals surface area contributed by atoms with Crippen LogP contribution in [0, 0.1) is 0 Å². The van der Waals surface area contributed by atoms with Gasteiger partial charge in [-0.2, -0.15) is 0 Å². The lowest BCUT2D eigenvalue weighted by atomic mass is 10.1. The second-order valence-corrected chi connectivity index (χ2v) is 3.31. The van der Waals surface area contributed by atoms with Gasteiger partial charge in [0.2, 0.25) is 0 Å². The summed E-state index contributed by atoms with van der Waals surface area (Å²) in [5, 5.41) is 0. The maximum atomic E-state index is 11.3. The van der Waals surface area contributed by atoms with E-state index in [2.05, 4.69) is 11.3 Å². The van der Waals surface area contributed by atoms with Crippen LogP contribution in [0.15, 0.2) is 47.6 Å². The van der Waals surface area contributed by atoms with Crippen LogP contribution in [0.5, 0.6) is 0 Å². The van der Waals surface area contributed by atoms with Crippen molar-refractivity contribution in [2.24, 2.45) is 0 Å². The van der Waals surface area contributed by atoms with E-state index in [4.69, 9.17) is 0 Å².